The number of hydrogen-bond donors (Lipinski definition) is 0. The highest BCUT2D eigenvalue weighted by Gasteiger charge is 2.53. The Bertz CT molecular complexity index is 939. The van der Waals surface area contributed by atoms with Crippen LogP contribution in [0, 0.1) is 5.41 Å². The van der Waals surface area contributed by atoms with Crippen molar-refractivity contribution in [2.45, 2.75) is 25.3 Å². The monoisotopic (exact) mass is 427 g/mol. The summed E-state index contributed by atoms with van der Waals surface area (Å²) in [5, 5.41) is 0.679. The molecule has 0 unspecified atom stereocenters. The molecule has 5 rings (SSSR count). The van der Waals surface area contributed by atoms with Crippen LogP contribution in [0.15, 0.2) is 42.6 Å². The average Bonchev–Trinajstić information content (AvgIpc) is 3.47. The minimum atomic E-state index is -0.585. The molecule has 1 saturated carbocycles. The molecule has 1 aromatic carbocycles. The summed E-state index contributed by atoms with van der Waals surface area (Å²) < 4.78 is 7.51. The molecule has 3 fully saturated rings. The molecule has 0 bridgehead atoms. The fourth-order valence-corrected chi connectivity index (χ4v) is 4.78. The first-order chi connectivity index (χ1) is 14.6. The summed E-state index contributed by atoms with van der Waals surface area (Å²) in [6.07, 6.45) is 4.86. The number of amides is 2. The Morgan fingerprint density at radius 3 is 2.40 bits per heavy atom. The quantitative estimate of drug-likeness (QED) is 0.737. The fourth-order valence-electron chi connectivity index (χ4n) is 4.65. The van der Waals surface area contributed by atoms with Crippen LogP contribution in [0.25, 0.3) is 0 Å². The maximum Gasteiger partial charge on any atom is 0.270 e. The Morgan fingerprint density at radius 1 is 1.03 bits per heavy atom. The number of likely N-dealkylation sites (tertiary alicyclic amines) is 1. The molecule has 2 aliphatic heterocycles. The maximum absolute atomic E-state index is 13.5. The van der Waals surface area contributed by atoms with Gasteiger partial charge < -0.3 is 19.1 Å². The first-order valence-electron chi connectivity index (χ1n) is 10.6. The second-order valence-corrected chi connectivity index (χ2v) is 9.12. The van der Waals surface area contributed by atoms with Gasteiger partial charge in [-0.15, -0.1) is 0 Å². The van der Waals surface area contributed by atoms with Crippen LogP contribution in [-0.2, 0) is 16.0 Å². The van der Waals surface area contributed by atoms with Crippen molar-refractivity contribution >= 4 is 23.4 Å². The van der Waals surface area contributed by atoms with E-state index in [2.05, 4.69) is 4.57 Å². The Morgan fingerprint density at radius 2 is 1.73 bits per heavy atom. The van der Waals surface area contributed by atoms with E-state index in [0.29, 0.717) is 56.9 Å². The van der Waals surface area contributed by atoms with Crippen molar-refractivity contribution in [1.29, 1.82) is 0 Å². The number of nitrogens with zero attached hydrogens (tertiary/aromatic N) is 3. The molecular weight excluding hydrogens is 402 g/mol. The van der Waals surface area contributed by atoms with Crippen LogP contribution in [0.2, 0.25) is 5.02 Å². The Labute approximate surface area is 181 Å². The molecule has 0 atom stereocenters. The van der Waals surface area contributed by atoms with Crippen molar-refractivity contribution in [3.8, 4) is 0 Å². The van der Waals surface area contributed by atoms with E-state index in [1.807, 2.05) is 52.4 Å². The van der Waals surface area contributed by atoms with Gasteiger partial charge in [-0.25, -0.2) is 0 Å². The summed E-state index contributed by atoms with van der Waals surface area (Å²) in [5.41, 5.74) is 1.21. The topological polar surface area (TPSA) is 54.8 Å². The van der Waals surface area contributed by atoms with Gasteiger partial charge in [0.1, 0.15) is 5.69 Å². The van der Waals surface area contributed by atoms with Gasteiger partial charge in [-0.3, -0.25) is 9.59 Å². The first-order valence-corrected chi connectivity index (χ1v) is 11.0. The lowest BCUT2D eigenvalue weighted by atomic mass is 9.73. The Kier molecular flexibility index (Phi) is 5.07. The van der Waals surface area contributed by atoms with Crippen LogP contribution in [0.3, 0.4) is 0 Å². The van der Waals surface area contributed by atoms with Gasteiger partial charge in [0.15, 0.2) is 0 Å². The molecule has 2 aromatic rings. The zero-order valence-corrected chi connectivity index (χ0v) is 17.7. The van der Waals surface area contributed by atoms with Crippen LogP contribution in [0.1, 0.15) is 34.9 Å². The molecule has 2 amide bonds. The number of benzene rings is 1. The van der Waals surface area contributed by atoms with E-state index in [9.17, 15) is 9.59 Å². The molecule has 0 radical (unpaired) electrons. The summed E-state index contributed by atoms with van der Waals surface area (Å²) in [6, 6.07) is 11.9. The van der Waals surface area contributed by atoms with Gasteiger partial charge in [-0.05, 0) is 49.1 Å². The highest BCUT2D eigenvalue weighted by Crippen LogP contribution is 2.40. The molecular formula is C23H26ClN3O3. The van der Waals surface area contributed by atoms with Crippen molar-refractivity contribution in [3.05, 3.63) is 58.9 Å². The molecule has 7 heteroatoms. The van der Waals surface area contributed by atoms with Gasteiger partial charge in [0.05, 0.1) is 18.6 Å². The molecule has 1 aliphatic carbocycles. The lowest BCUT2D eigenvalue weighted by molar-refractivity contribution is -0.155. The predicted octanol–water partition coefficient (Wildman–Crippen LogP) is 3.02. The van der Waals surface area contributed by atoms with E-state index in [4.69, 9.17) is 16.3 Å². The van der Waals surface area contributed by atoms with Gasteiger partial charge in [0.25, 0.3) is 5.91 Å². The number of hydrogen-bond acceptors (Lipinski definition) is 3. The molecule has 3 aliphatic rings. The number of carbonyl (C=O) groups excluding carboxylic acids is 2. The summed E-state index contributed by atoms with van der Waals surface area (Å²) in [4.78, 5) is 30.4. The third-order valence-corrected chi connectivity index (χ3v) is 6.67. The van der Waals surface area contributed by atoms with Crippen LogP contribution < -0.4 is 0 Å². The number of ether oxygens (including phenoxy) is 1. The van der Waals surface area contributed by atoms with E-state index in [1.54, 1.807) is 0 Å². The summed E-state index contributed by atoms with van der Waals surface area (Å²) in [7, 11) is 0. The van der Waals surface area contributed by atoms with E-state index >= 15 is 0 Å². The van der Waals surface area contributed by atoms with Crippen molar-refractivity contribution in [2.75, 3.05) is 39.4 Å². The average molecular weight is 428 g/mol. The molecule has 2 saturated heterocycles. The van der Waals surface area contributed by atoms with Crippen LogP contribution in [-0.4, -0.2) is 65.6 Å². The van der Waals surface area contributed by atoms with Crippen LogP contribution in [0.5, 0.6) is 0 Å². The molecule has 30 heavy (non-hydrogen) atoms. The second kappa shape index (κ2) is 7.75. The highest BCUT2D eigenvalue weighted by molar-refractivity contribution is 6.30. The Hall–Kier alpha value is -2.31. The van der Waals surface area contributed by atoms with Crippen LogP contribution >= 0.6 is 11.6 Å². The smallest absolute Gasteiger partial charge is 0.270 e. The van der Waals surface area contributed by atoms with E-state index in [1.165, 1.54) is 0 Å². The molecule has 158 valence electrons. The SMILES string of the molecule is O=C(c1cccn1C1CC1)N1CC(Cc2ccc(Cl)cc2)(C(=O)N2CCOCC2)C1. The lowest BCUT2D eigenvalue weighted by Crippen LogP contribution is -2.66. The zero-order valence-electron chi connectivity index (χ0n) is 16.9. The third-order valence-electron chi connectivity index (χ3n) is 6.42. The van der Waals surface area contributed by atoms with Gasteiger partial charge in [-0.1, -0.05) is 23.7 Å². The van der Waals surface area contributed by atoms with Gasteiger partial charge in [0, 0.05) is 43.4 Å². The van der Waals surface area contributed by atoms with Gasteiger partial charge in [-0.2, -0.15) is 0 Å². The number of carbonyl (C=O) groups is 2. The lowest BCUT2D eigenvalue weighted by Gasteiger charge is -2.51. The fraction of sp³-hybridized carbons (Fsp3) is 0.478. The number of aromatic nitrogens is 1. The van der Waals surface area contributed by atoms with E-state index < -0.39 is 5.41 Å². The van der Waals surface area contributed by atoms with E-state index in [-0.39, 0.29) is 11.8 Å². The highest BCUT2D eigenvalue weighted by atomic mass is 35.5. The summed E-state index contributed by atoms with van der Waals surface area (Å²) in [6.45, 7) is 3.25. The summed E-state index contributed by atoms with van der Waals surface area (Å²) >= 11 is 6.04. The first kappa shape index (κ1) is 19.6. The largest absolute Gasteiger partial charge is 0.378 e. The Balaban J connectivity index is 1.36. The van der Waals surface area contributed by atoms with Crippen molar-refractivity contribution in [3.63, 3.8) is 0 Å². The standard InChI is InChI=1S/C23H26ClN3O3/c24-18-5-3-17(4-6-18)14-23(22(29)25-10-12-30-13-11-25)15-26(16-23)21(28)20-2-1-9-27(20)19-7-8-19/h1-6,9,19H,7-8,10-16H2. The molecule has 6 nitrogen and oxygen atoms in total. The summed E-state index contributed by atoms with van der Waals surface area (Å²) in [5.74, 6) is 0.149. The maximum atomic E-state index is 13.5. The minimum absolute atomic E-state index is 0.0217. The second-order valence-electron chi connectivity index (χ2n) is 8.68. The van der Waals surface area contributed by atoms with Crippen LogP contribution in [0.4, 0.5) is 0 Å². The predicted molar refractivity (Wildman–Crippen MR) is 114 cm³/mol. The van der Waals surface area contributed by atoms with Gasteiger partial charge in [0.2, 0.25) is 5.91 Å². The minimum Gasteiger partial charge on any atom is -0.378 e. The normalized spacial score (nSPS) is 20.7. The van der Waals surface area contributed by atoms with E-state index in [0.717, 1.165) is 24.1 Å². The molecule has 0 N–H and O–H groups in total. The molecule has 3 heterocycles. The number of halogens is 1. The molecule has 0 spiro atoms. The van der Waals surface area contributed by atoms with Crippen molar-refractivity contribution in [1.82, 2.24) is 14.4 Å². The van der Waals surface area contributed by atoms with Crippen molar-refractivity contribution in [2.24, 2.45) is 5.41 Å². The zero-order chi connectivity index (χ0) is 20.7. The number of rotatable bonds is 5. The third kappa shape index (κ3) is 3.63. The molecule has 1 aromatic heterocycles. The number of morpholine rings is 1. The van der Waals surface area contributed by atoms with Crippen molar-refractivity contribution < 1.29 is 14.3 Å². The van der Waals surface area contributed by atoms with Gasteiger partial charge >= 0.3 is 0 Å².